The number of aromatic nitrogens is 3. The molecule has 15 heavy (non-hydrogen) atoms. The number of hydrogen-bond acceptors (Lipinski definition) is 4. The van der Waals surface area contributed by atoms with Gasteiger partial charge in [0.25, 0.3) is 0 Å². The molecule has 1 aliphatic rings. The Kier molecular flexibility index (Phi) is 2.05. The minimum absolute atomic E-state index is 0.503. The van der Waals surface area contributed by atoms with Gasteiger partial charge in [-0.3, -0.25) is 0 Å². The highest BCUT2D eigenvalue weighted by atomic mass is 32.2. The molecule has 2 aromatic rings. The summed E-state index contributed by atoms with van der Waals surface area (Å²) in [5.74, 6) is 2.36. The Morgan fingerprint density at radius 3 is 3.20 bits per heavy atom. The number of nitrogens with two attached hydrogens (primary N) is 1. The molecule has 5 heteroatoms. The van der Waals surface area contributed by atoms with Gasteiger partial charge in [-0.1, -0.05) is 5.21 Å². The minimum atomic E-state index is 0.503. The van der Waals surface area contributed by atoms with Crippen LogP contribution >= 0.6 is 11.8 Å². The molecule has 0 radical (unpaired) electrons. The maximum Gasteiger partial charge on any atom is 0.115 e. The van der Waals surface area contributed by atoms with Crippen LogP contribution in [0.25, 0.3) is 11.0 Å². The third kappa shape index (κ3) is 1.47. The lowest BCUT2D eigenvalue weighted by Crippen LogP contribution is -2.09. The number of rotatable bonds is 1. The fourth-order valence-corrected chi connectivity index (χ4v) is 3.13. The van der Waals surface area contributed by atoms with E-state index in [4.69, 9.17) is 5.73 Å². The number of nitrogen functional groups attached to an aromatic ring is 1. The summed E-state index contributed by atoms with van der Waals surface area (Å²) in [6, 6.07) is 6.29. The molecule has 1 unspecified atom stereocenters. The summed E-state index contributed by atoms with van der Waals surface area (Å²) in [5, 5.41) is 8.36. The fraction of sp³-hybridized carbons (Fsp3) is 0.400. The van der Waals surface area contributed by atoms with Gasteiger partial charge in [0, 0.05) is 11.4 Å². The summed E-state index contributed by atoms with van der Waals surface area (Å²) in [6.07, 6.45) is 1.19. The molecule has 1 atom stereocenters. The van der Waals surface area contributed by atoms with Crippen molar-refractivity contribution in [1.82, 2.24) is 15.0 Å². The fourth-order valence-electron chi connectivity index (χ4n) is 1.94. The van der Waals surface area contributed by atoms with E-state index in [1.807, 2.05) is 34.6 Å². The molecule has 1 saturated heterocycles. The van der Waals surface area contributed by atoms with Gasteiger partial charge in [0.1, 0.15) is 5.52 Å². The van der Waals surface area contributed by atoms with Gasteiger partial charge in [0.2, 0.25) is 0 Å². The van der Waals surface area contributed by atoms with Gasteiger partial charge in [-0.05, 0) is 30.4 Å². The maximum absolute atomic E-state index is 5.71. The number of thioether (sulfide) groups is 1. The zero-order chi connectivity index (χ0) is 10.3. The van der Waals surface area contributed by atoms with E-state index >= 15 is 0 Å². The van der Waals surface area contributed by atoms with Gasteiger partial charge in [-0.25, -0.2) is 4.68 Å². The van der Waals surface area contributed by atoms with Gasteiger partial charge in [0.05, 0.1) is 11.6 Å². The molecular weight excluding hydrogens is 208 g/mol. The summed E-state index contributed by atoms with van der Waals surface area (Å²) in [7, 11) is 0. The van der Waals surface area contributed by atoms with Crippen LogP contribution in [0.4, 0.5) is 5.69 Å². The molecule has 0 saturated carbocycles. The average molecular weight is 220 g/mol. The molecule has 1 aromatic heterocycles. The predicted octanol–water partition coefficient (Wildman–Crippen LogP) is 1.69. The first kappa shape index (κ1) is 9.03. The standard InChI is InChI=1S/C10H12N4S/c11-7-1-2-10-9(5-7)12-13-14(10)8-3-4-15-6-8/h1-2,5,8H,3-4,6,11H2. The molecule has 1 aromatic carbocycles. The van der Waals surface area contributed by atoms with E-state index in [2.05, 4.69) is 10.3 Å². The lowest BCUT2D eigenvalue weighted by Gasteiger charge is -2.08. The van der Waals surface area contributed by atoms with Crippen molar-refractivity contribution in [3.8, 4) is 0 Å². The van der Waals surface area contributed by atoms with Crippen LogP contribution in [0.2, 0.25) is 0 Å². The molecule has 0 bridgehead atoms. The zero-order valence-corrected chi connectivity index (χ0v) is 9.07. The number of benzene rings is 1. The molecule has 2 heterocycles. The largest absolute Gasteiger partial charge is 0.399 e. The van der Waals surface area contributed by atoms with Gasteiger partial charge in [0.15, 0.2) is 0 Å². The van der Waals surface area contributed by atoms with Crippen LogP contribution in [0, 0.1) is 0 Å². The van der Waals surface area contributed by atoms with Crippen LogP contribution < -0.4 is 5.73 Å². The van der Waals surface area contributed by atoms with Crippen molar-refractivity contribution in [1.29, 1.82) is 0 Å². The Hall–Kier alpha value is -1.23. The van der Waals surface area contributed by atoms with Crippen molar-refractivity contribution in [3.63, 3.8) is 0 Å². The van der Waals surface area contributed by atoms with Crippen molar-refractivity contribution < 1.29 is 0 Å². The van der Waals surface area contributed by atoms with Gasteiger partial charge in [-0.15, -0.1) is 5.10 Å². The summed E-state index contributed by atoms with van der Waals surface area (Å²) >= 11 is 1.98. The lowest BCUT2D eigenvalue weighted by molar-refractivity contribution is 0.501. The monoisotopic (exact) mass is 220 g/mol. The number of fused-ring (bicyclic) bond motifs is 1. The molecule has 4 nitrogen and oxygen atoms in total. The second kappa shape index (κ2) is 3.41. The minimum Gasteiger partial charge on any atom is -0.399 e. The first-order chi connectivity index (χ1) is 7.34. The number of nitrogens with zero attached hydrogens (tertiary/aromatic N) is 3. The molecule has 0 amide bonds. The molecule has 1 fully saturated rings. The van der Waals surface area contributed by atoms with Crippen LogP contribution in [0.1, 0.15) is 12.5 Å². The van der Waals surface area contributed by atoms with Gasteiger partial charge >= 0.3 is 0 Å². The van der Waals surface area contributed by atoms with E-state index in [0.717, 1.165) is 22.5 Å². The quantitative estimate of drug-likeness (QED) is 0.743. The van der Waals surface area contributed by atoms with Crippen LogP contribution in [0.15, 0.2) is 18.2 Å². The van der Waals surface area contributed by atoms with E-state index in [9.17, 15) is 0 Å². The van der Waals surface area contributed by atoms with Gasteiger partial charge < -0.3 is 5.73 Å². The Morgan fingerprint density at radius 1 is 1.47 bits per heavy atom. The molecule has 2 N–H and O–H groups in total. The Bertz CT molecular complexity index is 487. The lowest BCUT2D eigenvalue weighted by atomic mass is 10.2. The maximum atomic E-state index is 5.71. The first-order valence-corrected chi connectivity index (χ1v) is 6.18. The SMILES string of the molecule is Nc1ccc2c(c1)nnn2C1CCSC1. The highest BCUT2D eigenvalue weighted by Crippen LogP contribution is 2.29. The third-order valence-electron chi connectivity index (χ3n) is 2.75. The van der Waals surface area contributed by atoms with E-state index in [-0.39, 0.29) is 0 Å². The number of anilines is 1. The molecule has 78 valence electrons. The molecule has 1 aliphatic heterocycles. The second-order valence-corrected chi connectivity index (χ2v) is 4.95. The second-order valence-electron chi connectivity index (χ2n) is 3.80. The van der Waals surface area contributed by atoms with Crippen molar-refractivity contribution in [3.05, 3.63) is 18.2 Å². The Balaban J connectivity index is 2.11. The normalized spacial score (nSPS) is 21.2. The van der Waals surface area contributed by atoms with E-state index in [1.165, 1.54) is 12.2 Å². The molecular formula is C10H12N4S. The third-order valence-corrected chi connectivity index (χ3v) is 3.89. The zero-order valence-electron chi connectivity index (χ0n) is 8.26. The molecule has 3 rings (SSSR count). The highest BCUT2D eigenvalue weighted by Gasteiger charge is 2.20. The first-order valence-electron chi connectivity index (χ1n) is 5.03. The van der Waals surface area contributed by atoms with E-state index in [1.54, 1.807) is 0 Å². The smallest absolute Gasteiger partial charge is 0.115 e. The van der Waals surface area contributed by atoms with Crippen molar-refractivity contribution in [2.75, 3.05) is 17.2 Å². The van der Waals surface area contributed by atoms with Crippen LogP contribution in [0.5, 0.6) is 0 Å². The van der Waals surface area contributed by atoms with Crippen LogP contribution in [-0.2, 0) is 0 Å². The number of hydrogen-bond donors (Lipinski definition) is 1. The van der Waals surface area contributed by atoms with Crippen LogP contribution in [0.3, 0.4) is 0 Å². The summed E-state index contributed by atoms with van der Waals surface area (Å²) < 4.78 is 2.04. The molecule has 0 spiro atoms. The van der Waals surface area contributed by atoms with Crippen LogP contribution in [-0.4, -0.2) is 26.5 Å². The highest BCUT2D eigenvalue weighted by molar-refractivity contribution is 7.99. The van der Waals surface area contributed by atoms with E-state index in [0.29, 0.717) is 6.04 Å². The summed E-state index contributed by atoms with van der Waals surface area (Å²) in [4.78, 5) is 0. The Labute approximate surface area is 91.8 Å². The van der Waals surface area contributed by atoms with Crippen molar-refractivity contribution in [2.24, 2.45) is 0 Å². The Morgan fingerprint density at radius 2 is 2.40 bits per heavy atom. The summed E-state index contributed by atoms with van der Waals surface area (Å²) in [5.41, 5.74) is 8.44. The predicted molar refractivity (Wildman–Crippen MR) is 62.9 cm³/mol. The average Bonchev–Trinajstić information content (AvgIpc) is 2.82. The topological polar surface area (TPSA) is 56.7 Å². The van der Waals surface area contributed by atoms with E-state index < -0.39 is 0 Å². The van der Waals surface area contributed by atoms with Gasteiger partial charge in [-0.2, -0.15) is 11.8 Å². The van der Waals surface area contributed by atoms with Crippen molar-refractivity contribution >= 4 is 28.5 Å². The van der Waals surface area contributed by atoms with Crippen molar-refractivity contribution in [2.45, 2.75) is 12.5 Å². The summed E-state index contributed by atoms with van der Waals surface area (Å²) in [6.45, 7) is 0. The molecule has 0 aliphatic carbocycles.